The zero-order chi connectivity index (χ0) is 18.3. The summed E-state index contributed by atoms with van der Waals surface area (Å²) in [7, 11) is 1.85. The number of aliphatic hydroxyl groups excluding tert-OH is 1. The molecule has 2 aliphatic rings. The maximum Gasteiger partial charge on any atom is 0.250 e. The highest BCUT2D eigenvalue weighted by Gasteiger charge is 2.35. The number of fused-ring (bicyclic) bond motifs is 1. The number of aliphatic hydroxyl groups is 1. The molecule has 2 heterocycles. The number of carbonyl (C=O) groups excluding carboxylic acids is 1. The van der Waals surface area contributed by atoms with Gasteiger partial charge in [-0.1, -0.05) is 11.6 Å². The zero-order valence-corrected chi connectivity index (χ0v) is 15.0. The fourth-order valence-corrected chi connectivity index (χ4v) is 3.55. The molecule has 0 bridgehead atoms. The molecule has 0 atom stereocenters. The molecule has 1 aliphatic carbocycles. The van der Waals surface area contributed by atoms with E-state index in [0.717, 1.165) is 30.0 Å². The Bertz CT molecular complexity index is 887. The topological polar surface area (TPSA) is 89.3 Å². The third-order valence-corrected chi connectivity index (χ3v) is 5.19. The number of aromatic nitrogens is 3. The molecule has 2 aromatic rings. The van der Waals surface area contributed by atoms with Crippen LogP contribution in [0.4, 0.5) is 0 Å². The van der Waals surface area contributed by atoms with Gasteiger partial charge in [0.25, 0.3) is 5.91 Å². The lowest BCUT2D eigenvalue weighted by atomic mass is 9.79. The van der Waals surface area contributed by atoms with Crippen LogP contribution in [0.25, 0.3) is 6.08 Å². The van der Waals surface area contributed by atoms with Crippen LogP contribution >= 0.6 is 11.6 Å². The van der Waals surface area contributed by atoms with Crippen molar-refractivity contribution in [2.75, 3.05) is 6.61 Å². The maximum absolute atomic E-state index is 12.5. The Morgan fingerprint density at radius 3 is 2.96 bits per heavy atom. The number of nitrogens with zero attached hydrogens (tertiary/aromatic N) is 3. The van der Waals surface area contributed by atoms with Crippen LogP contribution < -0.4 is 10.1 Å². The number of carbonyl (C=O) groups is 1. The molecule has 136 valence electrons. The van der Waals surface area contributed by atoms with Crippen molar-refractivity contribution in [3.05, 3.63) is 46.0 Å². The highest BCUT2D eigenvalue weighted by molar-refractivity contribution is 6.30. The number of benzene rings is 1. The van der Waals surface area contributed by atoms with Gasteiger partial charge in [0.05, 0.1) is 5.57 Å². The predicted molar refractivity (Wildman–Crippen MR) is 95.8 cm³/mol. The summed E-state index contributed by atoms with van der Waals surface area (Å²) in [6.45, 7) is 0.121. The van der Waals surface area contributed by atoms with Gasteiger partial charge in [0.15, 0.2) is 5.82 Å². The number of hydrogen-bond donors (Lipinski definition) is 2. The van der Waals surface area contributed by atoms with Crippen molar-refractivity contribution in [3.8, 4) is 5.75 Å². The van der Waals surface area contributed by atoms with Crippen molar-refractivity contribution >= 4 is 23.6 Å². The number of halogens is 1. The Morgan fingerprint density at radius 1 is 1.42 bits per heavy atom. The highest BCUT2D eigenvalue weighted by Crippen LogP contribution is 2.36. The van der Waals surface area contributed by atoms with Crippen LogP contribution in [0.15, 0.2) is 23.8 Å². The molecule has 0 unspecified atom stereocenters. The standard InChI is InChI=1S/C18H19ClN4O3/c1-23-16(8-24)21-22-17(23)11-6-14(7-11)20-18(25)12-4-10-5-13(19)2-3-15(10)26-9-12/h2-5,11,14,24H,6-9H2,1H3,(H,20,25). The van der Waals surface area contributed by atoms with Crippen molar-refractivity contribution < 1.29 is 14.6 Å². The molecule has 26 heavy (non-hydrogen) atoms. The highest BCUT2D eigenvalue weighted by atomic mass is 35.5. The Kier molecular flexibility index (Phi) is 4.42. The van der Waals surface area contributed by atoms with Crippen molar-refractivity contribution in [3.63, 3.8) is 0 Å². The molecule has 1 aliphatic heterocycles. The molecule has 0 radical (unpaired) electrons. The van der Waals surface area contributed by atoms with E-state index in [9.17, 15) is 9.90 Å². The Hall–Kier alpha value is -2.38. The number of nitrogens with one attached hydrogen (secondary N) is 1. The van der Waals surface area contributed by atoms with Gasteiger partial charge in [-0.2, -0.15) is 0 Å². The second kappa shape index (κ2) is 6.74. The van der Waals surface area contributed by atoms with Gasteiger partial charge in [-0.15, -0.1) is 10.2 Å². The lowest BCUT2D eigenvalue weighted by Crippen LogP contribution is -2.45. The van der Waals surface area contributed by atoms with E-state index in [0.29, 0.717) is 16.4 Å². The van der Waals surface area contributed by atoms with Gasteiger partial charge in [-0.3, -0.25) is 4.79 Å². The van der Waals surface area contributed by atoms with E-state index in [1.54, 1.807) is 18.2 Å². The molecule has 7 nitrogen and oxygen atoms in total. The summed E-state index contributed by atoms with van der Waals surface area (Å²) in [6.07, 6.45) is 3.44. The van der Waals surface area contributed by atoms with Gasteiger partial charge >= 0.3 is 0 Å². The van der Waals surface area contributed by atoms with Crippen LogP contribution in [0.1, 0.15) is 36.0 Å². The van der Waals surface area contributed by atoms with Crippen molar-refractivity contribution in [2.45, 2.75) is 31.4 Å². The third kappa shape index (κ3) is 3.08. The number of hydrogen-bond acceptors (Lipinski definition) is 5. The van der Waals surface area contributed by atoms with Gasteiger partial charge in [-0.25, -0.2) is 0 Å². The first-order valence-corrected chi connectivity index (χ1v) is 8.85. The quantitative estimate of drug-likeness (QED) is 0.851. The molecule has 8 heteroatoms. The zero-order valence-electron chi connectivity index (χ0n) is 14.3. The molecule has 1 saturated carbocycles. The molecule has 1 aromatic carbocycles. The maximum atomic E-state index is 12.5. The first kappa shape index (κ1) is 17.1. The molecule has 4 rings (SSSR count). The van der Waals surface area contributed by atoms with E-state index in [4.69, 9.17) is 16.3 Å². The molecular weight excluding hydrogens is 356 g/mol. The minimum atomic E-state index is -0.129. The summed E-state index contributed by atoms with van der Waals surface area (Å²) in [5.41, 5.74) is 1.40. The molecule has 1 fully saturated rings. The molecule has 0 spiro atoms. The van der Waals surface area contributed by atoms with Crippen molar-refractivity contribution in [1.29, 1.82) is 0 Å². The Labute approximate surface area is 155 Å². The van der Waals surface area contributed by atoms with Crippen LogP contribution in [-0.2, 0) is 18.4 Å². The smallest absolute Gasteiger partial charge is 0.250 e. The van der Waals surface area contributed by atoms with E-state index >= 15 is 0 Å². The Morgan fingerprint density at radius 2 is 2.23 bits per heavy atom. The van der Waals surface area contributed by atoms with E-state index in [2.05, 4.69) is 15.5 Å². The lowest BCUT2D eigenvalue weighted by molar-refractivity contribution is -0.119. The van der Waals surface area contributed by atoms with Gasteiger partial charge in [0.1, 0.15) is 24.8 Å². The van der Waals surface area contributed by atoms with Crippen LogP contribution in [0.5, 0.6) is 5.75 Å². The fraction of sp³-hybridized carbons (Fsp3) is 0.389. The third-order valence-electron chi connectivity index (χ3n) is 4.95. The van der Waals surface area contributed by atoms with Crippen LogP contribution in [0.3, 0.4) is 0 Å². The second-order valence-corrected chi connectivity index (χ2v) is 7.11. The summed E-state index contributed by atoms with van der Waals surface area (Å²) in [4.78, 5) is 12.5. The lowest BCUT2D eigenvalue weighted by Gasteiger charge is -2.35. The average molecular weight is 375 g/mol. The second-order valence-electron chi connectivity index (χ2n) is 6.67. The summed E-state index contributed by atoms with van der Waals surface area (Å²) >= 11 is 6.01. The van der Waals surface area contributed by atoms with Gasteiger partial charge < -0.3 is 19.7 Å². The minimum absolute atomic E-state index is 0.100. The molecule has 1 aromatic heterocycles. The fourth-order valence-electron chi connectivity index (χ4n) is 3.37. The number of ether oxygens (including phenoxy) is 1. The van der Waals surface area contributed by atoms with E-state index < -0.39 is 0 Å². The van der Waals surface area contributed by atoms with Crippen LogP contribution in [0, 0.1) is 0 Å². The van der Waals surface area contributed by atoms with Gasteiger partial charge in [0.2, 0.25) is 0 Å². The predicted octanol–water partition coefficient (Wildman–Crippen LogP) is 1.80. The summed E-state index contributed by atoms with van der Waals surface area (Å²) < 4.78 is 7.45. The van der Waals surface area contributed by atoms with Crippen molar-refractivity contribution in [1.82, 2.24) is 20.1 Å². The van der Waals surface area contributed by atoms with Crippen LogP contribution in [-0.4, -0.2) is 38.4 Å². The molecular formula is C18H19ClN4O3. The normalized spacial score (nSPS) is 21.3. The largest absolute Gasteiger partial charge is 0.488 e. The number of amides is 1. The summed E-state index contributed by atoms with van der Waals surface area (Å²) in [6, 6.07) is 5.46. The SMILES string of the molecule is Cn1c(CO)nnc1C1CC(NC(=O)C2=Cc3cc(Cl)ccc3OC2)C1. The minimum Gasteiger partial charge on any atom is -0.488 e. The average Bonchev–Trinajstić information content (AvgIpc) is 2.97. The monoisotopic (exact) mass is 374 g/mol. The van der Waals surface area contributed by atoms with E-state index in [1.165, 1.54) is 0 Å². The summed E-state index contributed by atoms with van der Waals surface area (Å²) in [5, 5.41) is 21.0. The van der Waals surface area contributed by atoms with Crippen molar-refractivity contribution in [2.24, 2.45) is 7.05 Å². The van der Waals surface area contributed by atoms with E-state index in [1.807, 2.05) is 17.7 Å². The number of rotatable bonds is 4. The first-order chi connectivity index (χ1) is 12.5. The van der Waals surface area contributed by atoms with E-state index in [-0.39, 0.29) is 31.1 Å². The van der Waals surface area contributed by atoms with Gasteiger partial charge in [0, 0.05) is 29.6 Å². The van der Waals surface area contributed by atoms with Gasteiger partial charge in [-0.05, 0) is 37.1 Å². The van der Waals surface area contributed by atoms with Crippen LogP contribution in [0.2, 0.25) is 5.02 Å². The molecule has 1 amide bonds. The first-order valence-electron chi connectivity index (χ1n) is 8.48. The Balaban J connectivity index is 1.37. The molecule has 2 N–H and O–H groups in total. The molecule has 0 saturated heterocycles. The summed E-state index contributed by atoms with van der Waals surface area (Å²) in [5.74, 6) is 2.26.